The first-order valence-electron chi connectivity index (χ1n) is 18.8. The molecule has 0 saturated heterocycles. The van der Waals surface area contributed by atoms with Crippen LogP contribution < -0.4 is 0 Å². The summed E-state index contributed by atoms with van der Waals surface area (Å²) in [6, 6.07) is 0. The van der Waals surface area contributed by atoms with E-state index in [9.17, 15) is 5.11 Å². The molecule has 1 nitrogen and oxygen atoms in total. The third-order valence-corrected chi connectivity index (χ3v) is 43.3. The van der Waals surface area contributed by atoms with Gasteiger partial charge in [0.1, 0.15) is 0 Å². The zero-order valence-corrected chi connectivity index (χ0v) is 37.4. The molecule has 0 aromatic heterocycles. The molecule has 0 aliphatic heterocycles. The van der Waals surface area contributed by atoms with Crippen LogP contribution in [0.3, 0.4) is 0 Å². The average Bonchev–Trinajstić information content (AvgIpc) is 2.98. The maximum atomic E-state index is 12.0. The molecule has 1 N–H and O–H groups in total. The third-order valence-electron chi connectivity index (χ3n) is 16.9. The zero-order chi connectivity index (χ0) is 34.9. The van der Waals surface area contributed by atoms with E-state index < -0.39 is 8.88 Å². The molecule has 0 aromatic rings. The Morgan fingerprint density at radius 1 is 0.562 bits per heavy atom. The summed E-state index contributed by atoms with van der Waals surface area (Å²) in [4.78, 5) is 2.87. The normalized spacial score (nSPS) is 43.4. The number of aliphatic hydroxyl groups is 1. The van der Waals surface area contributed by atoms with Crippen molar-refractivity contribution in [3.63, 3.8) is 0 Å². The molecule has 8 heteroatoms. The second kappa shape index (κ2) is 11.2. The molecule has 12 aliphatic carbocycles. The van der Waals surface area contributed by atoms with Gasteiger partial charge in [0.25, 0.3) is 0 Å². The molecule has 0 aromatic carbocycles. The molecule has 266 valence electrons. The van der Waals surface area contributed by atoms with Gasteiger partial charge in [-0.15, -0.1) is 0 Å². The summed E-state index contributed by atoms with van der Waals surface area (Å²) in [5.41, 5.74) is 7.66. The minimum absolute atomic E-state index is 0.178. The first-order valence-corrected chi connectivity index (χ1v) is 29.3. The molecule has 0 amide bonds. The maximum absolute atomic E-state index is 12.0. The van der Waals surface area contributed by atoms with E-state index >= 15 is 0 Å². The van der Waals surface area contributed by atoms with Crippen molar-refractivity contribution in [3.05, 3.63) is 42.7 Å². The summed E-state index contributed by atoms with van der Waals surface area (Å²) >= 11 is 21.0. The highest BCUT2D eigenvalue weighted by Gasteiger charge is 2.60. The van der Waals surface area contributed by atoms with Crippen molar-refractivity contribution in [1.82, 2.24) is 0 Å². The van der Waals surface area contributed by atoms with Crippen molar-refractivity contribution in [1.29, 1.82) is 0 Å². The molecule has 4 saturated carbocycles. The molecule has 4 fully saturated rings. The number of allylic oxidation sites excluding steroid dienone is 7. The van der Waals surface area contributed by atoms with E-state index in [2.05, 4.69) is 105 Å². The van der Waals surface area contributed by atoms with E-state index in [1.165, 1.54) is 42.6 Å². The van der Waals surface area contributed by atoms with Crippen LogP contribution in [-0.4, -0.2) is 11.2 Å². The highest BCUT2D eigenvalue weighted by molar-refractivity contribution is 9.25. The number of aliphatic hydroxyl groups excluding tert-OH is 1. The molecule has 11 unspecified atom stereocenters. The Morgan fingerprint density at radius 3 is 1.38 bits per heavy atom. The van der Waals surface area contributed by atoms with E-state index in [0.717, 1.165) is 30.6 Å². The van der Waals surface area contributed by atoms with E-state index in [4.69, 9.17) is 23.6 Å². The second-order valence-electron chi connectivity index (χ2n) is 19.9. The maximum Gasteiger partial charge on any atom is 0.0912 e. The van der Waals surface area contributed by atoms with Gasteiger partial charge in [-0.1, -0.05) is 135 Å². The highest BCUT2D eigenvalue weighted by Crippen LogP contribution is 2.97. The molecular weight excluding hydrogens is 719 g/mol. The van der Waals surface area contributed by atoms with Gasteiger partial charge in [0.15, 0.2) is 0 Å². The lowest BCUT2D eigenvalue weighted by Gasteiger charge is -2.61. The first kappa shape index (κ1) is 36.3. The van der Waals surface area contributed by atoms with Crippen molar-refractivity contribution < 1.29 is 5.11 Å². The number of rotatable bonds is 8. The molecule has 0 spiro atoms. The lowest BCUT2D eigenvalue weighted by atomic mass is 9.48. The van der Waals surface area contributed by atoms with Crippen molar-refractivity contribution in [2.75, 3.05) is 0 Å². The molecule has 12 aliphatic rings. The standard InChI is InChI=1S/C40H60OP2S5/c1-20-27-13-24(37(27,5)6)16-32(20)42(44,46-34-18-26-15-29(22(34)3)39(26,9)10)48-43(45,33-17-25-14-28(21(33)2)38(25,7)8)47-36-23(4)30-19-31(35(36)41)40(30,11)12/h24-31,35,41H,13-19H2,1-12H3. The Balaban J connectivity index is 1.26. The van der Waals surface area contributed by atoms with Crippen molar-refractivity contribution >= 4 is 66.3 Å². The van der Waals surface area contributed by atoms with Crippen LogP contribution >= 0.6 is 42.6 Å². The minimum atomic E-state index is -2.28. The van der Waals surface area contributed by atoms with E-state index in [1.807, 2.05) is 11.4 Å². The van der Waals surface area contributed by atoms with Gasteiger partial charge in [-0.3, -0.25) is 0 Å². The van der Waals surface area contributed by atoms with Crippen molar-refractivity contribution in [3.8, 4) is 0 Å². The van der Waals surface area contributed by atoms with Crippen LogP contribution in [0.1, 0.15) is 128 Å². The van der Waals surface area contributed by atoms with Crippen LogP contribution in [0.4, 0.5) is 0 Å². The number of fused-ring (bicyclic) bond motifs is 4. The summed E-state index contributed by atoms with van der Waals surface area (Å²) in [6.45, 7) is 29.5. The van der Waals surface area contributed by atoms with E-state index in [1.54, 1.807) is 32.3 Å². The van der Waals surface area contributed by atoms with E-state index in [-0.39, 0.29) is 11.5 Å². The van der Waals surface area contributed by atoms with Gasteiger partial charge in [-0.05, 0) is 157 Å². The Bertz CT molecular complexity index is 1720. The van der Waals surface area contributed by atoms with Gasteiger partial charge in [-0.25, -0.2) is 0 Å². The molecule has 48 heavy (non-hydrogen) atoms. The summed E-state index contributed by atoms with van der Waals surface area (Å²) < 4.78 is -4.46. The predicted octanol–water partition coefficient (Wildman–Crippen LogP) is 14.1. The second-order valence-corrected chi connectivity index (χ2v) is 41.5. The van der Waals surface area contributed by atoms with Crippen LogP contribution in [-0.2, 0) is 23.6 Å². The fourth-order valence-corrected chi connectivity index (χ4v) is 51.4. The SMILES string of the molecule is CC1=C(SP(=S)(SP(=S)(SC2=C(C)C3CC(C2O)C3(C)C)C2=C(C)C3CC(C2)C3(C)C)C2=C(C)C3CC(C2)C3(C)C)CC2CC1C2(C)C. The van der Waals surface area contributed by atoms with Gasteiger partial charge >= 0.3 is 0 Å². The summed E-state index contributed by atoms with van der Waals surface area (Å²) in [6.07, 6.45) is 8.30. The van der Waals surface area contributed by atoms with Gasteiger partial charge in [0, 0.05) is 4.91 Å². The highest BCUT2D eigenvalue weighted by atomic mass is 33.5. The van der Waals surface area contributed by atoms with Crippen LogP contribution in [0.15, 0.2) is 42.7 Å². The number of hydrogen-bond acceptors (Lipinski definition) is 6. The third kappa shape index (κ3) is 4.80. The molecular formula is C40H60OP2S5. The Morgan fingerprint density at radius 2 is 0.979 bits per heavy atom. The van der Waals surface area contributed by atoms with Crippen LogP contribution in [0, 0.1) is 69.0 Å². The summed E-state index contributed by atoms with van der Waals surface area (Å²) in [5.74, 6) is 5.16. The first-order chi connectivity index (χ1) is 22.1. The monoisotopic (exact) mass is 778 g/mol. The van der Waals surface area contributed by atoms with Gasteiger partial charge in [-0.2, -0.15) is 0 Å². The Labute approximate surface area is 315 Å². The topological polar surface area (TPSA) is 20.2 Å². The molecule has 11 atom stereocenters. The number of hydrogen-bond donors (Lipinski definition) is 1. The Kier molecular flexibility index (Phi) is 8.44. The Hall–Kier alpha value is 1.27. The summed E-state index contributed by atoms with van der Waals surface area (Å²) in [5, 5.41) is 15.3. The fourth-order valence-electron chi connectivity index (χ4n) is 12.4. The van der Waals surface area contributed by atoms with Crippen molar-refractivity contribution in [2.24, 2.45) is 69.0 Å². The van der Waals surface area contributed by atoms with Crippen LogP contribution in [0.2, 0.25) is 0 Å². The average molecular weight is 779 g/mol. The van der Waals surface area contributed by atoms with Gasteiger partial charge in [0.05, 0.1) is 15.0 Å². The molecule has 0 heterocycles. The summed E-state index contributed by atoms with van der Waals surface area (Å²) in [7, 11) is 0. The lowest BCUT2D eigenvalue weighted by molar-refractivity contribution is -0.0780. The molecule has 0 radical (unpaired) electrons. The lowest BCUT2D eigenvalue weighted by Crippen LogP contribution is -2.55. The predicted molar refractivity (Wildman–Crippen MR) is 224 cm³/mol. The van der Waals surface area contributed by atoms with Gasteiger partial charge < -0.3 is 5.11 Å². The van der Waals surface area contributed by atoms with Crippen LogP contribution in [0.25, 0.3) is 0 Å². The van der Waals surface area contributed by atoms with Gasteiger partial charge in [0.2, 0.25) is 0 Å². The largest absolute Gasteiger partial charge is 0.388 e. The quantitative estimate of drug-likeness (QED) is 0.246. The minimum Gasteiger partial charge on any atom is -0.388 e. The van der Waals surface area contributed by atoms with E-state index in [0.29, 0.717) is 45.8 Å². The van der Waals surface area contributed by atoms with Crippen LogP contribution in [0.5, 0.6) is 0 Å². The molecule has 12 rings (SSSR count). The molecule has 8 bridgehead atoms. The smallest absolute Gasteiger partial charge is 0.0912 e. The van der Waals surface area contributed by atoms with Crippen molar-refractivity contribution in [2.45, 2.75) is 134 Å². The zero-order valence-electron chi connectivity index (χ0n) is 31.5. The fraction of sp³-hybridized carbons (Fsp3) is 0.800.